The highest BCUT2D eigenvalue weighted by molar-refractivity contribution is 5.72. The van der Waals surface area contributed by atoms with E-state index in [1.807, 2.05) is 12.1 Å². The van der Waals surface area contributed by atoms with Crippen molar-refractivity contribution in [3.8, 4) is 11.5 Å². The lowest BCUT2D eigenvalue weighted by atomic mass is 9.53. The summed E-state index contributed by atoms with van der Waals surface area (Å²) in [5, 5.41) is 10.6. The van der Waals surface area contributed by atoms with E-state index in [9.17, 15) is 9.90 Å². The van der Waals surface area contributed by atoms with E-state index >= 15 is 0 Å². The molecule has 2 aliphatic carbocycles. The van der Waals surface area contributed by atoms with E-state index in [-0.39, 0.29) is 17.5 Å². The van der Waals surface area contributed by atoms with Crippen LogP contribution in [-0.4, -0.2) is 47.8 Å². The Morgan fingerprint density at radius 2 is 2.25 bits per heavy atom. The van der Waals surface area contributed by atoms with Gasteiger partial charge in [0.05, 0.1) is 0 Å². The highest BCUT2D eigenvalue weighted by atomic mass is 16.6. The van der Waals surface area contributed by atoms with Gasteiger partial charge in [0.15, 0.2) is 11.5 Å². The summed E-state index contributed by atoms with van der Waals surface area (Å²) >= 11 is 0. The number of rotatable bonds is 1. The largest absolute Gasteiger partial charge is 0.482 e. The van der Waals surface area contributed by atoms with Crippen molar-refractivity contribution in [2.45, 2.75) is 43.4 Å². The molecule has 1 spiro atoms. The Kier molecular flexibility index (Phi) is 2.78. The minimum atomic E-state index is -0.631. The molecule has 2 bridgehead atoms. The first-order chi connectivity index (χ1) is 11.5. The topological polar surface area (TPSA) is 59.0 Å². The maximum atomic E-state index is 11.5. The summed E-state index contributed by atoms with van der Waals surface area (Å²) < 4.78 is 11.7. The van der Waals surface area contributed by atoms with E-state index in [1.165, 1.54) is 18.1 Å². The number of carbonyl (C=O) groups excluding carboxylic acids is 1. The van der Waals surface area contributed by atoms with Crippen LogP contribution in [0.2, 0.25) is 0 Å². The number of aliphatic hydroxyl groups excluding tert-OH is 1. The van der Waals surface area contributed by atoms with Crippen molar-refractivity contribution < 1.29 is 19.4 Å². The summed E-state index contributed by atoms with van der Waals surface area (Å²) in [6.45, 7) is 2.38. The van der Waals surface area contributed by atoms with Crippen LogP contribution in [0.3, 0.4) is 0 Å². The van der Waals surface area contributed by atoms with Crippen LogP contribution in [0, 0.1) is 5.92 Å². The predicted octanol–water partition coefficient (Wildman–Crippen LogP) is 1.42. The molecular formula is C19H21NO4. The van der Waals surface area contributed by atoms with E-state index < -0.39 is 6.10 Å². The maximum Gasteiger partial charge on any atom is 0.308 e. The van der Waals surface area contributed by atoms with Gasteiger partial charge in [0.2, 0.25) is 0 Å². The van der Waals surface area contributed by atoms with E-state index in [1.54, 1.807) is 0 Å². The monoisotopic (exact) mass is 327 g/mol. The molecule has 1 aromatic rings. The number of hydrogen-bond acceptors (Lipinski definition) is 5. The molecule has 5 nitrogen and oxygen atoms in total. The number of ether oxygens (including phenoxy) is 2. The van der Waals surface area contributed by atoms with Crippen molar-refractivity contribution in [1.29, 1.82) is 0 Å². The number of benzene rings is 1. The Hall–Kier alpha value is -1.85. The van der Waals surface area contributed by atoms with Crippen molar-refractivity contribution in [2.75, 3.05) is 13.6 Å². The van der Waals surface area contributed by atoms with Crippen molar-refractivity contribution >= 4 is 5.97 Å². The van der Waals surface area contributed by atoms with E-state index in [4.69, 9.17) is 9.47 Å². The van der Waals surface area contributed by atoms with Gasteiger partial charge in [0.1, 0.15) is 12.2 Å². The van der Waals surface area contributed by atoms with Gasteiger partial charge in [0, 0.05) is 29.9 Å². The second-order valence-electron chi connectivity index (χ2n) is 7.50. The maximum absolute atomic E-state index is 11.5. The number of hydrogen-bond donors (Lipinski definition) is 1. The molecule has 0 unspecified atom stereocenters. The Morgan fingerprint density at radius 1 is 1.42 bits per heavy atom. The standard InChI is InChI=1S/C19H21NO4/c1-10(21)23-15-6-3-11-9-13-12-4-5-14(22)18-19(12,7-8-20(13)2)16(11)17(15)24-18/h3-6,12-14,18,22H,7-9H2,1-2H3/t12-,13-,14-,18-,19-/m0/s1. The lowest BCUT2D eigenvalue weighted by Gasteiger charge is -2.56. The van der Waals surface area contributed by atoms with Crippen LogP contribution in [0.15, 0.2) is 24.3 Å². The van der Waals surface area contributed by atoms with Crippen LogP contribution in [-0.2, 0) is 16.6 Å². The molecule has 2 heterocycles. The molecule has 0 amide bonds. The van der Waals surface area contributed by atoms with Gasteiger partial charge in [-0.2, -0.15) is 0 Å². The van der Waals surface area contributed by atoms with Crippen LogP contribution in [0.1, 0.15) is 24.5 Å². The second-order valence-corrected chi connectivity index (χ2v) is 7.50. The third kappa shape index (κ3) is 1.59. The Balaban J connectivity index is 1.76. The molecular weight excluding hydrogens is 306 g/mol. The summed E-state index contributed by atoms with van der Waals surface area (Å²) in [6.07, 6.45) is 5.04. The lowest BCUT2D eigenvalue weighted by molar-refractivity contribution is -0.132. The van der Waals surface area contributed by atoms with Gasteiger partial charge in [0.25, 0.3) is 0 Å². The summed E-state index contributed by atoms with van der Waals surface area (Å²) in [6, 6.07) is 4.32. The number of likely N-dealkylation sites (tertiary alicyclic amines) is 1. The van der Waals surface area contributed by atoms with Crippen molar-refractivity contribution in [3.63, 3.8) is 0 Å². The first-order valence-corrected chi connectivity index (χ1v) is 8.60. The van der Waals surface area contributed by atoms with Crippen LogP contribution in [0.4, 0.5) is 0 Å². The third-order valence-corrected chi connectivity index (χ3v) is 6.39. The van der Waals surface area contributed by atoms with Crippen LogP contribution in [0.25, 0.3) is 0 Å². The smallest absolute Gasteiger partial charge is 0.308 e. The first-order valence-electron chi connectivity index (χ1n) is 8.60. The van der Waals surface area contributed by atoms with Gasteiger partial charge in [-0.25, -0.2) is 0 Å². The molecule has 1 saturated heterocycles. The van der Waals surface area contributed by atoms with E-state index in [2.05, 4.69) is 24.1 Å². The van der Waals surface area contributed by atoms with E-state index in [0.717, 1.165) is 19.4 Å². The summed E-state index contributed by atoms with van der Waals surface area (Å²) in [4.78, 5) is 13.9. The highest BCUT2D eigenvalue weighted by Crippen LogP contribution is 2.62. The van der Waals surface area contributed by atoms with Gasteiger partial charge in [-0.05, 0) is 38.1 Å². The molecule has 0 saturated carbocycles. The van der Waals surface area contributed by atoms with Gasteiger partial charge in [-0.3, -0.25) is 4.79 Å². The minimum absolute atomic E-state index is 0.204. The number of piperidine rings is 1. The van der Waals surface area contributed by atoms with Crippen LogP contribution >= 0.6 is 0 Å². The third-order valence-electron chi connectivity index (χ3n) is 6.39. The zero-order valence-corrected chi connectivity index (χ0v) is 13.9. The number of aliphatic hydroxyl groups is 1. The van der Waals surface area contributed by atoms with E-state index in [0.29, 0.717) is 23.5 Å². The van der Waals surface area contributed by atoms with Gasteiger partial charge in [-0.15, -0.1) is 0 Å². The molecule has 24 heavy (non-hydrogen) atoms. The number of esters is 1. The number of likely N-dealkylation sites (N-methyl/N-ethyl adjacent to an activating group) is 1. The summed E-state index contributed by atoms with van der Waals surface area (Å²) in [7, 11) is 2.18. The average molecular weight is 327 g/mol. The van der Waals surface area contributed by atoms with Crippen molar-refractivity contribution in [3.05, 3.63) is 35.4 Å². The summed E-state index contributed by atoms with van der Waals surface area (Å²) in [5.74, 6) is 1.12. The van der Waals surface area contributed by atoms with Gasteiger partial charge >= 0.3 is 5.97 Å². The fraction of sp³-hybridized carbons (Fsp3) is 0.526. The molecule has 4 aliphatic rings. The summed E-state index contributed by atoms with van der Waals surface area (Å²) in [5.41, 5.74) is 2.23. The Morgan fingerprint density at radius 3 is 3.04 bits per heavy atom. The Labute approximate surface area is 140 Å². The van der Waals surface area contributed by atoms with Gasteiger partial charge < -0.3 is 19.5 Å². The molecule has 2 aliphatic heterocycles. The lowest BCUT2D eigenvalue weighted by Crippen LogP contribution is -2.64. The van der Waals surface area contributed by atoms with Crippen molar-refractivity contribution in [1.82, 2.24) is 4.90 Å². The zero-order valence-electron chi connectivity index (χ0n) is 13.9. The predicted molar refractivity (Wildman–Crippen MR) is 87.2 cm³/mol. The Bertz CT molecular complexity index is 773. The van der Waals surface area contributed by atoms with Crippen molar-refractivity contribution in [2.24, 2.45) is 5.92 Å². The fourth-order valence-electron chi connectivity index (χ4n) is 5.46. The quantitative estimate of drug-likeness (QED) is 0.480. The molecule has 5 rings (SSSR count). The molecule has 5 heteroatoms. The average Bonchev–Trinajstić information content (AvgIpc) is 2.89. The first kappa shape index (κ1) is 14.5. The molecule has 1 fully saturated rings. The number of nitrogens with zero attached hydrogens (tertiary/aromatic N) is 1. The number of carbonyl (C=O) groups is 1. The fourth-order valence-corrected chi connectivity index (χ4v) is 5.46. The molecule has 5 atom stereocenters. The van der Waals surface area contributed by atoms with Crippen LogP contribution < -0.4 is 9.47 Å². The highest BCUT2D eigenvalue weighted by Gasteiger charge is 2.64. The van der Waals surface area contributed by atoms with Crippen LogP contribution in [0.5, 0.6) is 11.5 Å². The molecule has 0 radical (unpaired) electrons. The SMILES string of the molecule is CC(=O)Oc1ccc2c3c1O[C@H]1[C@@H](O)C=C[C@H]4[C@H](C2)N(C)CC[C@@]341. The molecule has 126 valence electrons. The van der Waals surface area contributed by atoms with Gasteiger partial charge in [-0.1, -0.05) is 18.2 Å². The molecule has 1 aromatic carbocycles. The molecule has 0 aromatic heterocycles. The zero-order chi connectivity index (χ0) is 16.6. The molecule has 1 N–H and O–H groups in total. The minimum Gasteiger partial charge on any atom is -0.482 e. The normalized spacial score (nSPS) is 38.5. The second kappa shape index (κ2) is 4.61.